The Morgan fingerprint density at radius 2 is 1.88 bits per heavy atom. The van der Waals surface area contributed by atoms with Crippen LogP contribution in [0.3, 0.4) is 0 Å². The average molecular weight is 472 g/mol. The molecule has 2 aromatic carbocycles. The maximum atomic E-state index is 14.6. The van der Waals surface area contributed by atoms with Crippen LogP contribution in [0.4, 0.5) is 10.1 Å². The van der Waals surface area contributed by atoms with Gasteiger partial charge in [-0.2, -0.15) is 0 Å². The molecule has 0 amide bonds. The van der Waals surface area contributed by atoms with E-state index < -0.39 is 24.5 Å². The largest absolute Gasteiger partial charge is 0.450 e. The van der Waals surface area contributed by atoms with E-state index in [1.807, 2.05) is 9.34 Å². The number of aromatic nitrogens is 1. The molecule has 1 aromatic heterocycles. The highest BCUT2D eigenvalue weighted by molar-refractivity contribution is 7.54. The van der Waals surface area contributed by atoms with E-state index in [0.717, 1.165) is 31.7 Å². The lowest BCUT2D eigenvalue weighted by Gasteiger charge is -2.24. The Morgan fingerprint density at radius 3 is 2.55 bits per heavy atom. The van der Waals surface area contributed by atoms with Crippen molar-refractivity contribution in [2.45, 2.75) is 18.9 Å². The Bertz CT molecular complexity index is 1330. The fraction of sp³-hybridized carbons (Fsp3) is 0.364. The van der Waals surface area contributed by atoms with Gasteiger partial charge in [-0.1, -0.05) is 0 Å². The lowest BCUT2D eigenvalue weighted by atomic mass is 10.1. The second-order valence-electron chi connectivity index (χ2n) is 8.64. The van der Waals surface area contributed by atoms with Gasteiger partial charge in [-0.05, 0) is 30.5 Å². The first-order valence-electron chi connectivity index (χ1n) is 10.9. The molecule has 0 N–H and O–H groups in total. The molecule has 0 unspecified atom stereocenters. The molecule has 11 heteroatoms. The highest BCUT2D eigenvalue weighted by atomic mass is 31.2. The van der Waals surface area contributed by atoms with Crippen LogP contribution in [0.2, 0.25) is 0 Å². The van der Waals surface area contributed by atoms with Crippen molar-refractivity contribution >= 4 is 24.3 Å². The molecule has 6 rings (SSSR count). The van der Waals surface area contributed by atoms with Crippen molar-refractivity contribution in [2.75, 3.05) is 26.2 Å². The zero-order chi connectivity index (χ0) is 22.9. The van der Waals surface area contributed by atoms with Gasteiger partial charge >= 0.3 is 13.4 Å². The second kappa shape index (κ2) is 7.36. The van der Waals surface area contributed by atoms with Gasteiger partial charge in [-0.15, -0.1) is 0 Å². The van der Waals surface area contributed by atoms with Crippen LogP contribution in [0, 0.1) is 15.9 Å². The molecule has 3 aliphatic rings. The van der Waals surface area contributed by atoms with Crippen molar-refractivity contribution in [3.63, 3.8) is 0 Å². The Morgan fingerprint density at radius 1 is 1.15 bits per heavy atom. The highest BCUT2D eigenvalue weighted by Gasteiger charge is 2.51. The summed E-state index contributed by atoms with van der Waals surface area (Å²) < 4.78 is 45.7. The normalized spacial score (nSPS) is 20.2. The van der Waals surface area contributed by atoms with Crippen molar-refractivity contribution < 1.29 is 23.1 Å². The third-order valence-electron chi connectivity index (χ3n) is 6.45. The number of aryl methyl sites for hydroxylation is 1. The number of rotatable bonds is 7. The molecule has 9 nitrogen and oxygen atoms in total. The molecule has 3 aromatic rings. The Labute approximate surface area is 189 Å². The lowest BCUT2D eigenvalue weighted by Crippen LogP contribution is -2.11. The molecule has 0 bridgehead atoms. The van der Waals surface area contributed by atoms with Gasteiger partial charge in [-0.25, -0.2) is 13.7 Å². The summed E-state index contributed by atoms with van der Waals surface area (Å²) in [7, 11) is -1.26. The molecular weight excluding hydrogens is 450 g/mol. The summed E-state index contributed by atoms with van der Waals surface area (Å²) in [6.07, 6.45) is 2.32. The summed E-state index contributed by atoms with van der Waals surface area (Å²) in [4.78, 5) is 11.3. The predicted octanol–water partition coefficient (Wildman–Crippen LogP) is 4.76. The summed E-state index contributed by atoms with van der Waals surface area (Å²) in [5.74, 6) is -0.191. The van der Waals surface area contributed by atoms with Crippen LogP contribution in [0.25, 0.3) is 10.9 Å². The van der Waals surface area contributed by atoms with Gasteiger partial charge in [0.1, 0.15) is 11.6 Å². The van der Waals surface area contributed by atoms with Crippen LogP contribution in [-0.4, -0.2) is 45.0 Å². The standard InChI is InChI=1S/C22H22FN4O5P/c1-24-7-6-17-18(23)12-14(13-20(17)24)31-22-16-3-5-21(15(16)2-4-19(22)27(28)29)32-33(30,25-8-9-25)26-10-11-26/h2,4,6-7,12-13,21H,3,5,8-11H2,1H3/t21-/m0/s1. The van der Waals surface area contributed by atoms with E-state index in [0.29, 0.717) is 29.3 Å². The summed E-state index contributed by atoms with van der Waals surface area (Å²) in [5.41, 5.74) is 1.81. The number of nitrogens with zero attached hydrogens (tertiary/aromatic N) is 4. The van der Waals surface area contributed by atoms with Crippen LogP contribution < -0.4 is 4.74 Å². The molecule has 1 aliphatic carbocycles. The molecule has 2 fully saturated rings. The zero-order valence-corrected chi connectivity index (χ0v) is 18.8. The van der Waals surface area contributed by atoms with Gasteiger partial charge in [0, 0.05) is 68.6 Å². The molecule has 2 aliphatic heterocycles. The summed E-state index contributed by atoms with van der Waals surface area (Å²) in [6, 6.07) is 7.62. The average Bonchev–Trinajstić information content (AvgIpc) is 3.70. The molecule has 2 saturated heterocycles. The molecular formula is C22H22FN4O5P. The number of nitro groups is 1. The third kappa shape index (κ3) is 3.45. The van der Waals surface area contributed by atoms with E-state index in [1.165, 1.54) is 12.1 Å². The number of ether oxygens (including phenoxy) is 1. The first-order valence-corrected chi connectivity index (χ1v) is 12.4. The minimum atomic E-state index is -3.05. The van der Waals surface area contributed by atoms with E-state index >= 15 is 0 Å². The van der Waals surface area contributed by atoms with Crippen molar-refractivity contribution in [2.24, 2.45) is 7.05 Å². The Kier molecular flexibility index (Phi) is 4.64. The summed E-state index contributed by atoms with van der Waals surface area (Å²) in [5, 5.41) is 12.2. The van der Waals surface area contributed by atoms with Crippen molar-refractivity contribution in [1.29, 1.82) is 0 Å². The van der Waals surface area contributed by atoms with Gasteiger partial charge < -0.3 is 9.30 Å². The number of halogens is 1. The number of nitro benzene ring substituents is 1. The number of fused-ring (bicyclic) bond motifs is 2. The first kappa shape index (κ1) is 20.8. The van der Waals surface area contributed by atoms with E-state index in [9.17, 15) is 19.1 Å². The quantitative estimate of drug-likeness (QED) is 0.212. The minimum absolute atomic E-state index is 0.0878. The van der Waals surface area contributed by atoms with E-state index in [-0.39, 0.29) is 17.2 Å². The number of benzene rings is 2. The zero-order valence-electron chi connectivity index (χ0n) is 17.9. The fourth-order valence-electron chi connectivity index (χ4n) is 4.54. The second-order valence-corrected chi connectivity index (χ2v) is 11.0. The summed E-state index contributed by atoms with van der Waals surface area (Å²) >= 11 is 0. The first-order chi connectivity index (χ1) is 15.8. The van der Waals surface area contributed by atoms with Crippen molar-refractivity contribution in [3.05, 3.63) is 63.6 Å². The summed E-state index contributed by atoms with van der Waals surface area (Å²) in [6.45, 7) is 2.98. The van der Waals surface area contributed by atoms with E-state index in [4.69, 9.17) is 9.26 Å². The highest BCUT2D eigenvalue weighted by Crippen LogP contribution is 2.64. The van der Waals surface area contributed by atoms with Crippen LogP contribution in [0.15, 0.2) is 36.5 Å². The molecule has 172 valence electrons. The topological polar surface area (TPSA) is 89.6 Å². The molecule has 0 spiro atoms. The van der Waals surface area contributed by atoms with Gasteiger partial charge in [0.05, 0.1) is 16.5 Å². The maximum absolute atomic E-state index is 14.6. The third-order valence-corrected chi connectivity index (χ3v) is 9.21. The van der Waals surface area contributed by atoms with Crippen LogP contribution in [0.1, 0.15) is 23.7 Å². The lowest BCUT2D eigenvalue weighted by molar-refractivity contribution is -0.385. The number of hydrogen-bond donors (Lipinski definition) is 0. The SMILES string of the molecule is Cn1ccc2c(F)cc(Oc3c([N+](=O)[O-])ccc4c3CC[C@@H]4OP(=O)(N3CC3)N3CC3)cc21. The van der Waals surface area contributed by atoms with E-state index in [2.05, 4.69) is 0 Å². The minimum Gasteiger partial charge on any atom is -0.450 e. The van der Waals surface area contributed by atoms with Gasteiger partial charge in [0.2, 0.25) is 5.75 Å². The molecule has 0 radical (unpaired) electrons. The van der Waals surface area contributed by atoms with Gasteiger partial charge in [0.25, 0.3) is 0 Å². The van der Waals surface area contributed by atoms with E-state index in [1.54, 1.807) is 36.0 Å². The fourth-order valence-corrected chi connectivity index (χ4v) is 6.91. The van der Waals surface area contributed by atoms with Crippen LogP contribution in [0.5, 0.6) is 11.5 Å². The molecule has 33 heavy (non-hydrogen) atoms. The van der Waals surface area contributed by atoms with Crippen molar-refractivity contribution in [1.82, 2.24) is 13.9 Å². The van der Waals surface area contributed by atoms with Gasteiger partial charge in [-0.3, -0.25) is 19.2 Å². The Balaban J connectivity index is 1.38. The predicted molar refractivity (Wildman–Crippen MR) is 119 cm³/mol. The molecule has 0 saturated carbocycles. The number of hydrogen-bond acceptors (Lipinski definition) is 5. The molecule has 3 heterocycles. The smallest absolute Gasteiger partial charge is 0.346 e. The monoisotopic (exact) mass is 472 g/mol. The maximum Gasteiger partial charge on any atom is 0.346 e. The van der Waals surface area contributed by atoms with Crippen LogP contribution in [-0.2, 0) is 22.6 Å². The van der Waals surface area contributed by atoms with Gasteiger partial charge in [0.15, 0.2) is 0 Å². The van der Waals surface area contributed by atoms with Crippen molar-refractivity contribution in [3.8, 4) is 11.5 Å². The Hall–Kier alpha value is -2.78. The van der Waals surface area contributed by atoms with Crippen LogP contribution >= 0.6 is 7.67 Å². The molecule has 1 atom stereocenters.